The number of carbonyl (C=O) groups excluding carboxylic acids is 1. The van der Waals surface area contributed by atoms with Crippen LogP contribution in [-0.2, 0) is 18.4 Å². The molecule has 1 aromatic heterocycles. The highest BCUT2D eigenvalue weighted by atomic mass is 16.5. The quantitative estimate of drug-likeness (QED) is 0.658. The molecule has 0 saturated heterocycles. The summed E-state index contributed by atoms with van der Waals surface area (Å²) < 4.78 is 18.2. The summed E-state index contributed by atoms with van der Waals surface area (Å²) in [5.41, 5.74) is 1.61. The van der Waals surface area contributed by atoms with E-state index in [1.807, 2.05) is 18.2 Å². The second-order valence-corrected chi connectivity index (χ2v) is 6.04. The van der Waals surface area contributed by atoms with Crippen molar-refractivity contribution >= 4 is 16.9 Å². The monoisotopic (exact) mass is 380 g/mol. The van der Waals surface area contributed by atoms with Gasteiger partial charge in [0.25, 0.3) is 0 Å². The number of rotatable bonds is 6. The second-order valence-electron chi connectivity index (χ2n) is 6.04. The normalized spacial score (nSPS) is 10.5. The number of esters is 1. The molecule has 28 heavy (non-hydrogen) atoms. The standard InChI is InChI=1S/C21H20N2O5/c1-4-27-21(25)20-14-10-17(24)13(11-22)9-15(14)23(2)16(20)12-28-19-8-6-5-7-18(19)26-3/h5-10,24H,4,12H2,1-3H3. The number of hydrogen-bond acceptors (Lipinski definition) is 6. The van der Waals surface area contributed by atoms with Crippen molar-refractivity contribution in [2.45, 2.75) is 13.5 Å². The molecule has 0 aliphatic carbocycles. The molecule has 0 amide bonds. The van der Waals surface area contributed by atoms with E-state index in [4.69, 9.17) is 14.2 Å². The van der Waals surface area contributed by atoms with Crippen molar-refractivity contribution < 1.29 is 24.1 Å². The van der Waals surface area contributed by atoms with Gasteiger partial charge in [-0.15, -0.1) is 0 Å². The first-order chi connectivity index (χ1) is 13.5. The molecule has 144 valence electrons. The van der Waals surface area contributed by atoms with E-state index in [0.29, 0.717) is 33.7 Å². The molecular weight excluding hydrogens is 360 g/mol. The van der Waals surface area contributed by atoms with Crippen molar-refractivity contribution in [1.29, 1.82) is 5.26 Å². The maximum absolute atomic E-state index is 12.6. The lowest BCUT2D eigenvalue weighted by Gasteiger charge is -2.12. The molecule has 0 atom stereocenters. The number of nitriles is 1. The van der Waals surface area contributed by atoms with Gasteiger partial charge in [0.1, 0.15) is 18.4 Å². The van der Waals surface area contributed by atoms with E-state index in [2.05, 4.69) is 0 Å². The number of nitrogens with zero attached hydrogens (tertiary/aromatic N) is 2. The smallest absolute Gasteiger partial charge is 0.340 e. The van der Waals surface area contributed by atoms with Crippen LogP contribution in [0.3, 0.4) is 0 Å². The number of aryl methyl sites for hydroxylation is 1. The van der Waals surface area contributed by atoms with Crippen molar-refractivity contribution in [3.63, 3.8) is 0 Å². The molecule has 3 aromatic rings. The topological polar surface area (TPSA) is 93.7 Å². The van der Waals surface area contributed by atoms with Crippen molar-refractivity contribution in [3.8, 4) is 23.3 Å². The number of methoxy groups -OCH3 is 1. The number of hydrogen-bond donors (Lipinski definition) is 1. The molecule has 0 spiro atoms. The Morgan fingerprint density at radius 3 is 2.61 bits per heavy atom. The number of aromatic nitrogens is 1. The molecule has 0 aliphatic heterocycles. The fourth-order valence-electron chi connectivity index (χ4n) is 3.10. The average molecular weight is 380 g/mol. The van der Waals surface area contributed by atoms with E-state index in [0.717, 1.165) is 0 Å². The highest BCUT2D eigenvalue weighted by Crippen LogP contribution is 2.33. The Morgan fingerprint density at radius 1 is 1.25 bits per heavy atom. The van der Waals surface area contributed by atoms with Gasteiger partial charge in [-0.1, -0.05) is 12.1 Å². The van der Waals surface area contributed by atoms with Crippen LogP contribution in [0, 0.1) is 11.3 Å². The third kappa shape index (κ3) is 3.32. The molecule has 1 N–H and O–H groups in total. The van der Waals surface area contributed by atoms with Crippen LogP contribution in [0.1, 0.15) is 28.5 Å². The molecule has 0 bridgehead atoms. The number of benzene rings is 2. The molecule has 0 radical (unpaired) electrons. The Kier molecular flexibility index (Phi) is 5.41. The first kappa shape index (κ1) is 19.1. The summed E-state index contributed by atoms with van der Waals surface area (Å²) in [7, 11) is 3.32. The maximum Gasteiger partial charge on any atom is 0.340 e. The molecule has 0 aliphatic rings. The van der Waals surface area contributed by atoms with Crippen LogP contribution in [0.5, 0.6) is 17.2 Å². The maximum atomic E-state index is 12.6. The Morgan fingerprint density at radius 2 is 1.96 bits per heavy atom. The molecule has 7 nitrogen and oxygen atoms in total. The molecular formula is C21H20N2O5. The number of phenols is 1. The molecule has 7 heteroatoms. The Hall–Kier alpha value is -3.66. The van der Waals surface area contributed by atoms with Gasteiger partial charge in [0, 0.05) is 12.4 Å². The highest BCUT2D eigenvalue weighted by molar-refractivity contribution is 6.06. The molecule has 2 aromatic carbocycles. The van der Waals surface area contributed by atoms with Gasteiger partial charge in [0.15, 0.2) is 11.5 Å². The summed E-state index contributed by atoms with van der Waals surface area (Å²) in [6.45, 7) is 2.01. The highest BCUT2D eigenvalue weighted by Gasteiger charge is 2.24. The van der Waals surface area contributed by atoms with Gasteiger partial charge in [-0.2, -0.15) is 5.26 Å². The van der Waals surface area contributed by atoms with Gasteiger partial charge >= 0.3 is 5.97 Å². The predicted molar refractivity (Wildman–Crippen MR) is 103 cm³/mol. The fourth-order valence-corrected chi connectivity index (χ4v) is 3.10. The number of fused-ring (bicyclic) bond motifs is 1. The number of phenolic OH excluding ortho intramolecular Hbond substituents is 1. The summed E-state index contributed by atoms with van der Waals surface area (Å²) in [4.78, 5) is 12.6. The first-order valence-corrected chi connectivity index (χ1v) is 8.69. The van der Waals surface area contributed by atoms with E-state index in [9.17, 15) is 15.2 Å². The number of carbonyl (C=O) groups is 1. The van der Waals surface area contributed by atoms with E-state index >= 15 is 0 Å². The van der Waals surface area contributed by atoms with Crippen molar-refractivity contribution in [2.24, 2.45) is 7.05 Å². The SMILES string of the molecule is CCOC(=O)c1c(COc2ccccc2OC)n(C)c2cc(C#N)c(O)cc12. The summed E-state index contributed by atoms with van der Waals surface area (Å²) in [5, 5.41) is 19.8. The fraction of sp³-hybridized carbons (Fsp3) is 0.238. The van der Waals surface area contributed by atoms with Crippen LogP contribution in [0.2, 0.25) is 0 Å². The van der Waals surface area contributed by atoms with Crippen LogP contribution < -0.4 is 9.47 Å². The van der Waals surface area contributed by atoms with Gasteiger partial charge in [0.2, 0.25) is 0 Å². The molecule has 0 fully saturated rings. The minimum absolute atomic E-state index is 0.0718. The zero-order valence-electron chi connectivity index (χ0n) is 15.9. The van der Waals surface area contributed by atoms with Gasteiger partial charge in [-0.25, -0.2) is 4.79 Å². The van der Waals surface area contributed by atoms with Gasteiger partial charge in [-0.3, -0.25) is 0 Å². The zero-order valence-corrected chi connectivity index (χ0v) is 15.9. The summed E-state index contributed by atoms with van der Waals surface area (Å²) >= 11 is 0. The third-order valence-corrected chi connectivity index (χ3v) is 4.47. The van der Waals surface area contributed by atoms with Gasteiger partial charge in [0.05, 0.1) is 36.1 Å². The van der Waals surface area contributed by atoms with Gasteiger partial charge in [-0.05, 0) is 31.2 Å². The molecule has 0 unspecified atom stereocenters. The second kappa shape index (κ2) is 7.92. The Labute approximate surface area is 162 Å². The Bertz CT molecular complexity index is 1080. The van der Waals surface area contributed by atoms with Crippen LogP contribution in [0.15, 0.2) is 36.4 Å². The van der Waals surface area contributed by atoms with E-state index in [1.165, 1.54) is 6.07 Å². The van der Waals surface area contributed by atoms with E-state index in [-0.39, 0.29) is 24.5 Å². The zero-order chi connectivity index (χ0) is 20.3. The van der Waals surface area contributed by atoms with Crippen molar-refractivity contribution in [1.82, 2.24) is 4.57 Å². The number of aromatic hydroxyl groups is 1. The third-order valence-electron chi connectivity index (χ3n) is 4.47. The largest absolute Gasteiger partial charge is 0.507 e. The van der Waals surface area contributed by atoms with Crippen LogP contribution in [0.25, 0.3) is 10.9 Å². The first-order valence-electron chi connectivity index (χ1n) is 8.69. The lowest BCUT2D eigenvalue weighted by atomic mass is 10.1. The summed E-state index contributed by atoms with van der Waals surface area (Å²) in [6, 6.07) is 12.1. The minimum atomic E-state index is -0.518. The predicted octanol–water partition coefficient (Wildman–Crippen LogP) is 3.52. The average Bonchev–Trinajstić information content (AvgIpc) is 2.97. The summed E-state index contributed by atoms with van der Waals surface area (Å²) in [6.07, 6.45) is 0. The molecule has 0 saturated carbocycles. The van der Waals surface area contributed by atoms with E-state index < -0.39 is 5.97 Å². The van der Waals surface area contributed by atoms with E-state index in [1.54, 1.807) is 43.8 Å². The Balaban J connectivity index is 2.12. The van der Waals surface area contributed by atoms with Gasteiger partial charge < -0.3 is 23.9 Å². The molecule has 1 heterocycles. The number of ether oxygens (including phenoxy) is 3. The summed E-state index contributed by atoms with van der Waals surface area (Å²) in [5.74, 6) is 0.396. The lowest BCUT2D eigenvalue weighted by Crippen LogP contribution is -2.11. The minimum Gasteiger partial charge on any atom is -0.507 e. The van der Waals surface area contributed by atoms with Crippen molar-refractivity contribution in [3.05, 3.63) is 53.2 Å². The van der Waals surface area contributed by atoms with Crippen molar-refractivity contribution in [2.75, 3.05) is 13.7 Å². The van der Waals surface area contributed by atoms with Crippen LogP contribution in [-0.4, -0.2) is 29.4 Å². The molecule has 3 rings (SSSR count). The number of para-hydroxylation sites is 2. The van der Waals surface area contributed by atoms with Crippen LogP contribution >= 0.6 is 0 Å². The lowest BCUT2D eigenvalue weighted by molar-refractivity contribution is 0.0525. The van der Waals surface area contributed by atoms with Crippen LogP contribution in [0.4, 0.5) is 0 Å².